The highest BCUT2D eigenvalue weighted by molar-refractivity contribution is 7.99. The molecule has 0 heterocycles. The number of rotatable bonds is 7. The molecule has 0 bridgehead atoms. The number of nitrogens with one attached hydrogen (secondary N) is 1. The van der Waals surface area contributed by atoms with Gasteiger partial charge in [0.1, 0.15) is 0 Å². The maximum atomic E-state index is 3.70. The highest BCUT2D eigenvalue weighted by atomic mass is 35.5. The third-order valence-corrected chi connectivity index (χ3v) is 3.52. The minimum Gasteiger partial charge on any atom is -0.312 e. The van der Waals surface area contributed by atoms with Gasteiger partial charge in [-0.15, -0.1) is 19.0 Å². The van der Waals surface area contributed by atoms with Gasteiger partial charge in [0.2, 0.25) is 0 Å². The molecule has 17 heavy (non-hydrogen) atoms. The fourth-order valence-electron chi connectivity index (χ4n) is 1.46. The van der Waals surface area contributed by atoms with E-state index < -0.39 is 0 Å². The SMILES string of the molecule is C=CCSCCNCc1ccc(C)c(C)c1.Cl. The first kappa shape index (κ1) is 16.6. The summed E-state index contributed by atoms with van der Waals surface area (Å²) in [5.41, 5.74) is 4.11. The lowest BCUT2D eigenvalue weighted by molar-refractivity contribution is 0.731. The van der Waals surface area contributed by atoms with Crippen molar-refractivity contribution >= 4 is 24.2 Å². The number of benzene rings is 1. The molecule has 0 saturated heterocycles. The molecule has 0 aliphatic rings. The Kier molecular flexibility index (Phi) is 9.33. The highest BCUT2D eigenvalue weighted by Gasteiger charge is 1.95. The van der Waals surface area contributed by atoms with E-state index in [2.05, 4.69) is 43.9 Å². The summed E-state index contributed by atoms with van der Waals surface area (Å²) in [4.78, 5) is 0. The van der Waals surface area contributed by atoms with Crippen molar-refractivity contribution in [2.45, 2.75) is 20.4 Å². The zero-order chi connectivity index (χ0) is 11.8. The van der Waals surface area contributed by atoms with Crippen molar-refractivity contribution in [2.75, 3.05) is 18.1 Å². The quantitative estimate of drug-likeness (QED) is 0.599. The van der Waals surface area contributed by atoms with Crippen LogP contribution in [0.2, 0.25) is 0 Å². The van der Waals surface area contributed by atoms with Crippen LogP contribution >= 0.6 is 24.2 Å². The van der Waals surface area contributed by atoms with Crippen molar-refractivity contribution in [1.29, 1.82) is 0 Å². The van der Waals surface area contributed by atoms with Gasteiger partial charge in [-0.1, -0.05) is 24.3 Å². The summed E-state index contributed by atoms with van der Waals surface area (Å²) in [5.74, 6) is 2.20. The molecule has 1 nitrogen and oxygen atoms in total. The lowest BCUT2D eigenvalue weighted by Gasteiger charge is -2.06. The average molecular weight is 272 g/mol. The predicted octanol–water partition coefficient (Wildman–Crippen LogP) is 3.73. The second-order valence-electron chi connectivity index (χ2n) is 3.96. The molecule has 1 rings (SSSR count). The predicted molar refractivity (Wildman–Crippen MR) is 82.4 cm³/mol. The molecule has 1 aromatic carbocycles. The van der Waals surface area contributed by atoms with Crippen LogP contribution in [0.25, 0.3) is 0 Å². The fourth-order valence-corrected chi connectivity index (χ4v) is 2.08. The smallest absolute Gasteiger partial charge is 0.0205 e. The van der Waals surface area contributed by atoms with Crippen molar-refractivity contribution in [1.82, 2.24) is 5.32 Å². The van der Waals surface area contributed by atoms with Crippen molar-refractivity contribution in [2.24, 2.45) is 0 Å². The number of hydrogen-bond acceptors (Lipinski definition) is 2. The number of aryl methyl sites for hydroxylation is 2. The second kappa shape index (κ2) is 9.58. The maximum Gasteiger partial charge on any atom is 0.0205 e. The van der Waals surface area contributed by atoms with E-state index >= 15 is 0 Å². The normalized spacial score (nSPS) is 9.76. The number of thioether (sulfide) groups is 1. The average Bonchev–Trinajstić information content (AvgIpc) is 2.28. The van der Waals surface area contributed by atoms with E-state index in [0.717, 1.165) is 24.6 Å². The van der Waals surface area contributed by atoms with Crippen LogP contribution < -0.4 is 5.32 Å². The Balaban J connectivity index is 0.00000256. The highest BCUT2D eigenvalue weighted by Crippen LogP contribution is 2.09. The molecule has 0 amide bonds. The van der Waals surface area contributed by atoms with E-state index in [4.69, 9.17) is 0 Å². The van der Waals surface area contributed by atoms with Crippen LogP contribution in [0.5, 0.6) is 0 Å². The van der Waals surface area contributed by atoms with Crippen LogP contribution in [0.3, 0.4) is 0 Å². The van der Waals surface area contributed by atoms with E-state index in [1.807, 2.05) is 17.8 Å². The molecular weight excluding hydrogens is 250 g/mol. The van der Waals surface area contributed by atoms with Gasteiger partial charge in [-0.2, -0.15) is 11.8 Å². The zero-order valence-electron chi connectivity index (χ0n) is 10.7. The number of halogens is 1. The van der Waals surface area contributed by atoms with Gasteiger partial charge in [-0.3, -0.25) is 0 Å². The Morgan fingerprint density at radius 3 is 2.71 bits per heavy atom. The summed E-state index contributed by atoms with van der Waals surface area (Å²) in [5, 5.41) is 3.45. The molecule has 0 unspecified atom stereocenters. The summed E-state index contributed by atoms with van der Waals surface area (Å²) >= 11 is 1.91. The monoisotopic (exact) mass is 271 g/mol. The molecule has 0 aromatic heterocycles. The number of hydrogen-bond donors (Lipinski definition) is 1. The maximum absolute atomic E-state index is 3.70. The van der Waals surface area contributed by atoms with E-state index in [0.29, 0.717) is 0 Å². The van der Waals surface area contributed by atoms with Gasteiger partial charge in [0, 0.05) is 24.6 Å². The molecule has 1 aromatic rings. The van der Waals surface area contributed by atoms with Crippen LogP contribution in [-0.4, -0.2) is 18.1 Å². The summed E-state index contributed by atoms with van der Waals surface area (Å²) in [6, 6.07) is 6.66. The van der Waals surface area contributed by atoms with Crippen LogP contribution in [-0.2, 0) is 6.54 Å². The topological polar surface area (TPSA) is 12.0 Å². The van der Waals surface area contributed by atoms with Crippen molar-refractivity contribution < 1.29 is 0 Å². The van der Waals surface area contributed by atoms with E-state index in [1.165, 1.54) is 16.7 Å². The summed E-state index contributed by atoms with van der Waals surface area (Å²) in [6.07, 6.45) is 1.95. The Bertz CT molecular complexity index is 339. The molecule has 0 aliphatic carbocycles. The Hall–Kier alpha value is -0.440. The van der Waals surface area contributed by atoms with Gasteiger partial charge < -0.3 is 5.32 Å². The third-order valence-electron chi connectivity index (χ3n) is 2.56. The standard InChI is InChI=1S/C14H21NS.ClH/c1-4-8-16-9-7-15-11-14-6-5-12(2)13(3)10-14;/h4-6,10,15H,1,7-9,11H2,2-3H3;1H. The molecule has 0 saturated carbocycles. The van der Waals surface area contributed by atoms with Crippen LogP contribution in [0.4, 0.5) is 0 Å². The van der Waals surface area contributed by atoms with E-state index in [-0.39, 0.29) is 12.4 Å². The molecule has 0 fully saturated rings. The van der Waals surface area contributed by atoms with E-state index in [1.54, 1.807) is 0 Å². The molecule has 1 N–H and O–H groups in total. The molecular formula is C14H22ClNS. The lowest BCUT2D eigenvalue weighted by Crippen LogP contribution is -2.16. The first-order valence-corrected chi connectivity index (χ1v) is 6.85. The first-order valence-electron chi connectivity index (χ1n) is 5.69. The summed E-state index contributed by atoms with van der Waals surface area (Å²) in [6.45, 7) is 10.0. The van der Waals surface area contributed by atoms with Crippen molar-refractivity contribution in [3.8, 4) is 0 Å². The molecule has 0 spiro atoms. The van der Waals surface area contributed by atoms with E-state index in [9.17, 15) is 0 Å². The zero-order valence-corrected chi connectivity index (χ0v) is 12.3. The largest absolute Gasteiger partial charge is 0.312 e. The van der Waals surface area contributed by atoms with Gasteiger partial charge in [0.05, 0.1) is 0 Å². The lowest BCUT2D eigenvalue weighted by atomic mass is 10.1. The summed E-state index contributed by atoms with van der Waals surface area (Å²) < 4.78 is 0. The van der Waals surface area contributed by atoms with Crippen molar-refractivity contribution in [3.05, 3.63) is 47.5 Å². The minimum atomic E-state index is 0. The Labute approximate surface area is 115 Å². The molecule has 3 heteroatoms. The van der Waals surface area contributed by atoms with Gasteiger partial charge in [0.25, 0.3) is 0 Å². The first-order chi connectivity index (χ1) is 7.74. The van der Waals surface area contributed by atoms with Crippen LogP contribution in [0, 0.1) is 13.8 Å². The summed E-state index contributed by atoms with van der Waals surface area (Å²) in [7, 11) is 0. The van der Waals surface area contributed by atoms with Crippen LogP contribution in [0.1, 0.15) is 16.7 Å². The Morgan fingerprint density at radius 2 is 2.06 bits per heavy atom. The van der Waals surface area contributed by atoms with Gasteiger partial charge >= 0.3 is 0 Å². The van der Waals surface area contributed by atoms with Gasteiger partial charge in [0.15, 0.2) is 0 Å². The minimum absolute atomic E-state index is 0. The second-order valence-corrected chi connectivity index (χ2v) is 5.11. The van der Waals surface area contributed by atoms with Crippen LogP contribution in [0.15, 0.2) is 30.9 Å². The Morgan fingerprint density at radius 1 is 1.29 bits per heavy atom. The van der Waals surface area contributed by atoms with Crippen molar-refractivity contribution in [3.63, 3.8) is 0 Å². The van der Waals surface area contributed by atoms with Gasteiger partial charge in [-0.05, 0) is 30.5 Å². The van der Waals surface area contributed by atoms with Gasteiger partial charge in [-0.25, -0.2) is 0 Å². The molecule has 0 atom stereocenters. The fraction of sp³-hybridized carbons (Fsp3) is 0.429. The third kappa shape index (κ3) is 6.77. The molecule has 0 aliphatic heterocycles. The molecule has 0 radical (unpaired) electrons. The molecule has 96 valence electrons.